The van der Waals surface area contributed by atoms with Crippen LogP contribution in [0.15, 0.2) is 0 Å². The molecule has 0 spiro atoms. The minimum absolute atomic E-state index is 0.00734. The standard InChI is InChI=1S/C16H24N4O2S/c1-19-8-7-17-16(22)12(19)9-15(21)20(2)10-14-18-11-5-3-4-6-13(11)23-14/h12H,3-10H2,1-2H3,(H,17,22). The van der Waals surface area contributed by atoms with Crippen LogP contribution < -0.4 is 5.32 Å². The third-order valence-electron chi connectivity index (χ3n) is 4.65. The van der Waals surface area contributed by atoms with Crippen molar-refractivity contribution in [2.75, 3.05) is 27.2 Å². The molecule has 2 amide bonds. The smallest absolute Gasteiger partial charge is 0.237 e. The van der Waals surface area contributed by atoms with Crippen LogP contribution in [0.25, 0.3) is 0 Å². The molecule has 2 heterocycles. The average molecular weight is 336 g/mol. The number of carbonyl (C=O) groups is 2. The van der Waals surface area contributed by atoms with Gasteiger partial charge in [0.2, 0.25) is 11.8 Å². The van der Waals surface area contributed by atoms with Crippen LogP contribution in [0.4, 0.5) is 0 Å². The Morgan fingerprint density at radius 1 is 1.43 bits per heavy atom. The molecule has 1 atom stereocenters. The highest BCUT2D eigenvalue weighted by Gasteiger charge is 2.30. The van der Waals surface area contributed by atoms with E-state index in [-0.39, 0.29) is 24.3 Å². The first-order chi connectivity index (χ1) is 11.0. The van der Waals surface area contributed by atoms with Gasteiger partial charge in [-0.2, -0.15) is 0 Å². The number of fused-ring (bicyclic) bond motifs is 1. The van der Waals surface area contributed by atoms with E-state index in [2.05, 4.69) is 10.3 Å². The monoisotopic (exact) mass is 336 g/mol. The molecule has 1 saturated heterocycles. The topological polar surface area (TPSA) is 65.5 Å². The van der Waals surface area contributed by atoms with Crippen LogP contribution in [-0.4, -0.2) is 59.8 Å². The quantitative estimate of drug-likeness (QED) is 0.883. The molecule has 1 fully saturated rings. The molecule has 1 aliphatic carbocycles. The number of carbonyl (C=O) groups excluding carboxylic acids is 2. The van der Waals surface area contributed by atoms with E-state index in [1.807, 2.05) is 11.9 Å². The van der Waals surface area contributed by atoms with E-state index in [4.69, 9.17) is 0 Å². The maximum Gasteiger partial charge on any atom is 0.237 e. The fourth-order valence-corrected chi connectivity index (χ4v) is 4.37. The Morgan fingerprint density at radius 3 is 2.96 bits per heavy atom. The molecular formula is C16H24N4O2S. The number of hydrogen-bond acceptors (Lipinski definition) is 5. The summed E-state index contributed by atoms with van der Waals surface area (Å²) in [5.41, 5.74) is 1.23. The van der Waals surface area contributed by atoms with Crippen molar-refractivity contribution in [2.24, 2.45) is 0 Å². The summed E-state index contributed by atoms with van der Waals surface area (Å²) in [5.74, 6) is -0.0581. The molecule has 2 aliphatic rings. The van der Waals surface area contributed by atoms with Crippen molar-refractivity contribution in [2.45, 2.75) is 44.7 Å². The second-order valence-corrected chi connectivity index (χ2v) is 7.59. The van der Waals surface area contributed by atoms with Gasteiger partial charge in [0.05, 0.1) is 24.7 Å². The molecule has 0 aromatic carbocycles. The number of rotatable bonds is 4. The summed E-state index contributed by atoms with van der Waals surface area (Å²) in [7, 11) is 3.69. The molecule has 0 radical (unpaired) electrons. The fraction of sp³-hybridized carbons (Fsp3) is 0.688. The van der Waals surface area contributed by atoms with Gasteiger partial charge < -0.3 is 10.2 Å². The first kappa shape index (κ1) is 16.4. The normalized spacial score (nSPS) is 21.7. The lowest BCUT2D eigenvalue weighted by atomic mass is 10.0. The van der Waals surface area contributed by atoms with Crippen molar-refractivity contribution in [3.8, 4) is 0 Å². The van der Waals surface area contributed by atoms with Gasteiger partial charge in [-0.3, -0.25) is 14.5 Å². The van der Waals surface area contributed by atoms with Gasteiger partial charge in [0, 0.05) is 25.0 Å². The Kier molecular flexibility index (Phi) is 4.96. The molecule has 1 aromatic rings. The van der Waals surface area contributed by atoms with Gasteiger partial charge in [-0.15, -0.1) is 11.3 Å². The molecule has 1 unspecified atom stereocenters. The lowest BCUT2D eigenvalue weighted by Crippen LogP contribution is -2.54. The summed E-state index contributed by atoms with van der Waals surface area (Å²) in [6.07, 6.45) is 4.87. The predicted molar refractivity (Wildman–Crippen MR) is 89.3 cm³/mol. The average Bonchev–Trinajstić information content (AvgIpc) is 2.93. The van der Waals surface area contributed by atoms with E-state index in [1.165, 1.54) is 23.4 Å². The number of hydrogen-bond donors (Lipinski definition) is 1. The first-order valence-electron chi connectivity index (χ1n) is 8.24. The number of thiazole rings is 1. The zero-order valence-corrected chi connectivity index (χ0v) is 14.6. The van der Waals surface area contributed by atoms with Crippen LogP contribution in [0.3, 0.4) is 0 Å². The Hall–Kier alpha value is -1.47. The highest BCUT2D eigenvalue weighted by atomic mass is 32.1. The Bertz CT molecular complexity index is 577. The van der Waals surface area contributed by atoms with E-state index in [9.17, 15) is 9.59 Å². The summed E-state index contributed by atoms with van der Waals surface area (Å²) in [6, 6.07) is -0.358. The number of nitrogens with one attached hydrogen (secondary N) is 1. The summed E-state index contributed by atoms with van der Waals surface area (Å²) >= 11 is 1.73. The largest absolute Gasteiger partial charge is 0.353 e. The molecule has 7 heteroatoms. The van der Waals surface area contributed by atoms with Crippen LogP contribution in [0, 0.1) is 0 Å². The van der Waals surface area contributed by atoms with Crippen LogP contribution in [0.5, 0.6) is 0 Å². The third-order valence-corrected chi connectivity index (χ3v) is 5.80. The van der Waals surface area contributed by atoms with E-state index in [0.717, 1.165) is 24.4 Å². The molecule has 1 N–H and O–H groups in total. The molecular weight excluding hydrogens is 312 g/mol. The van der Waals surface area contributed by atoms with Crippen molar-refractivity contribution in [1.29, 1.82) is 0 Å². The minimum atomic E-state index is -0.358. The van der Waals surface area contributed by atoms with Gasteiger partial charge in [-0.05, 0) is 32.7 Å². The van der Waals surface area contributed by atoms with Crippen molar-refractivity contribution in [3.63, 3.8) is 0 Å². The summed E-state index contributed by atoms with van der Waals surface area (Å²) < 4.78 is 0. The van der Waals surface area contributed by atoms with E-state index >= 15 is 0 Å². The van der Waals surface area contributed by atoms with E-state index < -0.39 is 0 Å². The van der Waals surface area contributed by atoms with Gasteiger partial charge in [-0.25, -0.2) is 4.98 Å². The number of aromatic nitrogens is 1. The zero-order chi connectivity index (χ0) is 16.4. The van der Waals surface area contributed by atoms with E-state index in [1.54, 1.807) is 23.3 Å². The second-order valence-electron chi connectivity index (χ2n) is 6.43. The molecule has 1 aromatic heterocycles. The second kappa shape index (κ2) is 6.97. The molecule has 1 aliphatic heterocycles. The first-order valence-corrected chi connectivity index (χ1v) is 9.05. The summed E-state index contributed by atoms with van der Waals surface area (Å²) in [5, 5.41) is 3.84. The molecule has 23 heavy (non-hydrogen) atoms. The summed E-state index contributed by atoms with van der Waals surface area (Å²) in [4.78, 5) is 34.1. The molecule has 3 rings (SSSR count). The number of piperazine rings is 1. The van der Waals surface area contributed by atoms with Gasteiger partial charge in [0.1, 0.15) is 5.01 Å². The highest BCUT2D eigenvalue weighted by Crippen LogP contribution is 2.27. The number of aryl methyl sites for hydroxylation is 2. The number of amides is 2. The lowest BCUT2D eigenvalue weighted by molar-refractivity contribution is -0.137. The number of nitrogens with zero attached hydrogens (tertiary/aromatic N) is 3. The van der Waals surface area contributed by atoms with Crippen molar-refractivity contribution < 1.29 is 9.59 Å². The Morgan fingerprint density at radius 2 is 2.22 bits per heavy atom. The van der Waals surface area contributed by atoms with Gasteiger partial charge in [0.25, 0.3) is 0 Å². The fourth-order valence-electron chi connectivity index (χ4n) is 3.16. The zero-order valence-electron chi connectivity index (χ0n) is 13.8. The number of likely N-dealkylation sites (N-methyl/N-ethyl adjacent to an activating group) is 1. The van der Waals surface area contributed by atoms with Crippen molar-refractivity contribution in [3.05, 3.63) is 15.6 Å². The molecule has 6 nitrogen and oxygen atoms in total. The van der Waals surface area contributed by atoms with Crippen LogP contribution in [0.2, 0.25) is 0 Å². The van der Waals surface area contributed by atoms with Crippen molar-refractivity contribution >= 4 is 23.2 Å². The van der Waals surface area contributed by atoms with Crippen LogP contribution in [-0.2, 0) is 29.0 Å². The van der Waals surface area contributed by atoms with Gasteiger partial charge in [0.15, 0.2) is 0 Å². The van der Waals surface area contributed by atoms with Gasteiger partial charge in [-0.1, -0.05) is 0 Å². The third kappa shape index (κ3) is 3.72. The minimum Gasteiger partial charge on any atom is -0.353 e. The molecule has 0 saturated carbocycles. The predicted octanol–water partition coefficient (Wildman–Crippen LogP) is 0.801. The molecule has 126 valence electrons. The Labute approximate surface area is 140 Å². The highest BCUT2D eigenvalue weighted by molar-refractivity contribution is 7.11. The van der Waals surface area contributed by atoms with E-state index in [0.29, 0.717) is 13.1 Å². The van der Waals surface area contributed by atoms with Gasteiger partial charge >= 0.3 is 0 Å². The van der Waals surface area contributed by atoms with Crippen LogP contribution in [0.1, 0.15) is 34.8 Å². The van der Waals surface area contributed by atoms with Crippen LogP contribution >= 0.6 is 11.3 Å². The molecule has 0 bridgehead atoms. The SMILES string of the molecule is CN(Cc1nc2c(s1)CCCC2)C(=O)CC1C(=O)NCCN1C. The van der Waals surface area contributed by atoms with Crippen molar-refractivity contribution in [1.82, 2.24) is 20.1 Å². The maximum absolute atomic E-state index is 12.4. The maximum atomic E-state index is 12.4. The lowest BCUT2D eigenvalue weighted by Gasteiger charge is -2.32. The summed E-state index contributed by atoms with van der Waals surface area (Å²) in [6.45, 7) is 1.97. The Balaban J connectivity index is 1.59.